The van der Waals surface area contributed by atoms with Crippen molar-refractivity contribution in [2.45, 2.75) is 25.8 Å². The third-order valence-corrected chi connectivity index (χ3v) is 4.33. The largest absolute Gasteiger partial charge is 0.478 e. The van der Waals surface area contributed by atoms with Crippen LogP contribution in [0.4, 0.5) is 0 Å². The van der Waals surface area contributed by atoms with Crippen LogP contribution >= 0.6 is 0 Å². The summed E-state index contributed by atoms with van der Waals surface area (Å²) in [5.41, 5.74) is -0.0468. The van der Waals surface area contributed by atoms with Gasteiger partial charge >= 0.3 is 5.97 Å². The van der Waals surface area contributed by atoms with Gasteiger partial charge in [-0.3, -0.25) is 0 Å². The SMILES string of the molecule is CC(C)C(C)CNS(=O)(=O)c1ccc(C(=O)O)cn1. The molecule has 106 valence electrons. The topological polar surface area (TPSA) is 96.4 Å². The average molecular weight is 286 g/mol. The van der Waals surface area contributed by atoms with Gasteiger partial charge in [-0.25, -0.2) is 22.9 Å². The Labute approximate surface area is 112 Å². The molecule has 1 unspecified atom stereocenters. The summed E-state index contributed by atoms with van der Waals surface area (Å²) in [6.45, 7) is 6.30. The van der Waals surface area contributed by atoms with Gasteiger partial charge in [0.15, 0.2) is 5.03 Å². The molecule has 0 radical (unpaired) electrons. The minimum Gasteiger partial charge on any atom is -0.478 e. The number of carboxylic acid groups (broad SMARTS) is 1. The Hall–Kier alpha value is -1.47. The molecule has 0 spiro atoms. The molecule has 0 saturated carbocycles. The summed E-state index contributed by atoms with van der Waals surface area (Å²) in [5.74, 6) is -0.573. The van der Waals surface area contributed by atoms with Crippen molar-refractivity contribution < 1.29 is 18.3 Å². The van der Waals surface area contributed by atoms with E-state index in [2.05, 4.69) is 9.71 Å². The number of aromatic carboxylic acids is 1. The minimum atomic E-state index is -3.69. The molecule has 0 aliphatic carbocycles. The fourth-order valence-electron chi connectivity index (χ4n) is 1.22. The van der Waals surface area contributed by atoms with Crippen LogP contribution in [0.1, 0.15) is 31.1 Å². The number of aromatic nitrogens is 1. The van der Waals surface area contributed by atoms with Crippen LogP contribution in [0.5, 0.6) is 0 Å². The fraction of sp³-hybridized carbons (Fsp3) is 0.500. The summed E-state index contributed by atoms with van der Waals surface area (Å²) < 4.78 is 26.3. The van der Waals surface area contributed by atoms with E-state index in [4.69, 9.17) is 5.11 Å². The number of sulfonamides is 1. The first kappa shape index (κ1) is 15.6. The first-order valence-corrected chi connectivity index (χ1v) is 7.41. The number of carbonyl (C=O) groups is 1. The highest BCUT2D eigenvalue weighted by Crippen LogP contribution is 2.11. The molecule has 0 aromatic carbocycles. The number of hydrogen-bond donors (Lipinski definition) is 2. The van der Waals surface area contributed by atoms with Crippen molar-refractivity contribution in [3.8, 4) is 0 Å². The molecule has 6 nitrogen and oxygen atoms in total. The first-order valence-electron chi connectivity index (χ1n) is 5.93. The lowest BCUT2D eigenvalue weighted by Crippen LogP contribution is -2.30. The van der Waals surface area contributed by atoms with Crippen LogP contribution in [-0.4, -0.2) is 31.0 Å². The predicted molar refractivity (Wildman–Crippen MR) is 70.4 cm³/mol. The van der Waals surface area contributed by atoms with Crippen molar-refractivity contribution in [1.82, 2.24) is 9.71 Å². The molecule has 0 fully saturated rings. The number of rotatable bonds is 6. The molecule has 1 aromatic heterocycles. The van der Waals surface area contributed by atoms with Gasteiger partial charge in [-0.1, -0.05) is 20.8 Å². The second kappa shape index (κ2) is 6.12. The third kappa shape index (κ3) is 4.29. The molecule has 19 heavy (non-hydrogen) atoms. The molecule has 0 amide bonds. The first-order chi connectivity index (χ1) is 8.74. The standard InChI is InChI=1S/C12H18N2O4S/c1-8(2)9(3)6-14-19(17,18)11-5-4-10(7-13-11)12(15)16/h4-5,7-9,14H,6H2,1-3H3,(H,15,16). The molecule has 1 atom stereocenters. The van der Waals surface area contributed by atoms with Crippen LogP contribution in [0.25, 0.3) is 0 Å². The number of carboxylic acids is 1. The number of nitrogens with one attached hydrogen (secondary N) is 1. The Balaban J connectivity index is 2.80. The average Bonchev–Trinajstić information content (AvgIpc) is 2.36. The van der Waals surface area contributed by atoms with Crippen molar-refractivity contribution in [1.29, 1.82) is 0 Å². The monoisotopic (exact) mass is 286 g/mol. The predicted octanol–water partition coefficient (Wildman–Crippen LogP) is 1.35. The van der Waals surface area contributed by atoms with E-state index in [1.54, 1.807) is 0 Å². The lowest BCUT2D eigenvalue weighted by atomic mass is 9.99. The van der Waals surface area contributed by atoms with Gasteiger partial charge in [-0.15, -0.1) is 0 Å². The zero-order chi connectivity index (χ0) is 14.6. The van der Waals surface area contributed by atoms with E-state index in [0.29, 0.717) is 12.5 Å². The number of pyridine rings is 1. The van der Waals surface area contributed by atoms with E-state index >= 15 is 0 Å². The summed E-state index contributed by atoms with van der Waals surface area (Å²) in [6, 6.07) is 2.40. The molecule has 1 heterocycles. The van der Waals surface area contributed by atoms with Crippen molar-refractivity contribution in [2.75, 3.05) is 6.54 Å². The van der Waals surface area contributed by atoms with Gasteiger partial charge in [0, 0.05) is 12.7 Å². The molecule has 0 aliphatic rings. The second-order valence-electron chi connectivity index (χ2n) is 4.76. The molecule has 7 heteroatoms. The number of hydrogen-bond acceptors (Lipinski definition) is 4. The Morgan fingerprint density at radius 1 is 1.37 bits per heavy atom. The Morgan fingerprint density at radius 3 is 2.42 bits per heavy atom. The van der Waals surface area contributed by atoms with Crippen molar-refractivity contribution in [3.05, 3.63) is 23.9 Å². The lowest BCUT2D eigenvalue weighted by Gasteiger charge is -2.15. The summed E-state index contributed by atoms with van der Waals surface area (Å²) in [6.07, 6.45) is 1.03. The molecule has 1 aromatic rings. The van der Waals surface area contributed by atoms with Crippen LogP contribution in [-0.2, 0) is 10.0 Å². The van der Waals surface area contributed by atoms with Crippen LogP contribution in [0.15, 0.2) is 23.4 Å². The highest BCUT2D eigenvalue weighted by molar-refractivity contribution is 7.89. The Bertz CT molecular complexity index is 537. The van der Waals surface area contributed by atoms with E-state index in [-0.39, 0.29) is 16.5 Å². The number of nitrogens with zero attached hydrogens (tertiary/aromatic N) is 1. The van der Waals surface area contributed by atoms with E-state index in [9.17, 15) is 13.2 Å². The van der Waals surface area contributed by atoms with Gasteiger partial charge in [0.05, 0.1) is 5.56 Å². The van der Waals surface area contributed by atoms with E-state index < -0.39 is 16.0 Å². The maximum atomic E-state index is 11.9. The van der Waals surface area contributed by atoms with Crippen LogP contribution in [0.3, 0.4) is 0 Å². The van der Waals surface area contributed by atoms with E-state index in [1.165, 1.54) is 12.1 Å². The van der Waals surface area contributed by atoms with Gasteiger partial charge < -0.3 is 5.11 Å². The van der Waals surface area contributed by atoms with Crippen molar-refractivity contribution in [2.24, 2.45) is 11.8 Å². The molecule has 0 saturated heterocycles. The molecule has 0 aliphatic heterocycles. The van der Waals surface area contributed by atoms with Gasteiger partial charge in [0.1, 0.15) is 0 Å². The Morgan fingerprint density at radius 2 is 2.00 bits per heavy atom. The van der Waals surface area contributed by atoms with E-state index in [0.717, 1.165) is 6.20 Å². The highest BCUT2D eigenvalue weighted by Gasteiger charge is 2.18. The highest BCUT2D eigenvalue weighted by atomic mass is 32.2. The smallest absolute Gasteiger partial charge is 0.337 e. The normalized spacial score (nSPS) is 13.5. The molecule has 1 rings (SSSR count). The minimum absolute atomic E-state index is 0.0468. The molecular formula is C12H18N2O4S. The summed E-state index contributed by atoms with van der Waals surface area (Å²) >= 11 is 0. The summed E-state index contributed by atoms with van der Waals surface area (Å²) in [7, 11) is -3.69. The molecule has 2 N–H and O–H groups in total. The lowest BCUT2D eigenvalue weighted by molar-refractivity contribution is 0.0696. The Kier molecular flexibility index (Phi) is 5.02. The van der Waals surface area contributed by atoms with Gasteiger partial charge in [-0.05, 0) is 24.0 Å². The van der Waals surface area contributed by atoms with Crippen molar-refractivity contribution >= 4 is 16.0 Å². The maximum absolute atomic E-state index is 11.9. The summed E-state index contributed by atoms with van der Waals surface area (Å²) in [5, 5.41) is 8.54. The maximum Gasteiger partial charge on any atom is 0.337 e. The van der Waals surface area contributed by atoms with Crippen LogP contribution in [0.2, 0.25) is 0 Å². The van der Waals surface area contributed by atoms with E-state index in [1.807, 2.05) is 20.8 Å². The van der Waals surface area contributed by atoms with Gasteiger partial charge in [0.25, 0.3) is 10.0 Å². The fourth-order valence-corrected chi connectivity index (χ4v) is 2.29. The van der Waals surface area contributed by atoms with Gasteiger partial charge in [-0.2, -0.15) is 0 Å². The zero-order valence-electron chi connectivity index (χ0n) is 11.1. The third-order valence-electron chi connectivity index (χ3n) is 2.99. The van der Waals surface area contributed by atoms with Crippen LogP contribution in [0, 0.1) is 11.8 Å². The quantitative estimate of drug-likeness (QED) is 0.823. The van der Waals surface area contributed by atoms with Gasteiger partial charge in [0.2, 0.25) is 0 Å². The second-order valence-corrected chi connectivity index (χ2v) is 6.48. The molecule has 0 bridgehead atoms. The molecular weight excluding hydrogens is 268 g/mol. The summed E-state index contributed by atoms with van der Waals surface area (Å²) in [4.78, 5) is 14.3. The van der Waals surface area contributed by atoms with Crippen LogP contribution < -0.4 is 4.72 Å². The van der Waals surface area contributed by atoms with Crippen molar-refractivity contribution in [3.63, 3.8) is 0 Å². The zero-order valence-corrected chi connectivity index (χ0v) is 11.9.